The summed E-state index contributed by atoms with van der Waals surface area (Å²) in [5, 5.41) is 13.2. The smallest absolute Gasteiger partial charge is 0.242 e. The Morgan fingerprint density at radius 2 is 1.81 bits per heavy atom. The van der Waals surface area contributed by atoms with E-state index in [2.05, 4.69) is 57.2 Å². The molecule has 3 N–H and O–H groups in total. The van der Waals surface area contributed by atoms with Crippen LogP contribution in [0.3, 0.4) is 0 Å². The van der Waals surface area contributed by atoms with Crippen molar-refractivity contribution in [2.45, 2.75) is 68.0 Å². The quantitative estimate of drug-likeness (QED) is 0.417. The lowest BCUT2D eigenvalue weighted by Crippen LogP contribution is -2.49. The maximum atomic E-state index is 13.4. The van der Waals surface area contributed by atoms with E-state index in [4.69, 9.17) is 9.47 Å². The number of aliphatic hydroxyl groups is 1. The largest absolute Gasteiger partial charge is 0.393 e. The fourth-order valence-corrected chi connectivity index (χ4v) is 7.59. The van der Waals surface area contributed by atoms with Crippen molar-refractivity contribution >= 4 is 31.6 Å². The van der Waals surface area contributed by atoms with Crippen molar-refractivity contribution in [3.63, 3.8) is 0 Å². The molecule has 1 unspecified atom stereocenters. The summed E-state index contributed by atoms with van der Waals surface area (Å²) in [7, 11) is -3.76. The molecule has 1 aliphatic carbocycles. The summed E-state index contributed by atoms with van der Waals surface area (Å²) in [6.45, 7) is 4.88. The van der Waals surface area contributed by atoms with Gasteiger partial charge in [-0.3, -0.25) is 0 Å². The van der Waals surface area contributed by atoms with Gasteiger partial charge in [0.15, 0.2) is 0 Å². The van der Waals surface area contributed by atoms with Crippen molar-refractivity contribution in [3.05, 3.63) is 58.1 Å². The first kappa shape index (κ1) is 27.1. The molecule has 0 aromatic heterocycles. The second-order valence-electron chi connectivity index (χ2n) is 11.1. The number of rotatable bonds is 8. The van der Waals surface area contributed by atoms with E-state index in [1.807, 2.05) is 6.07 Å². The predicted octanol–water partition coefficient (Wildman–Crippen LogP) is 4.52. The molecular weight excluding hydrogens is 556 g/mol. The molecule has 7 nitrogen and oxygen atoms in total. The van der Waals surface area contributed by atoms with Crippen LogP contribution < -0.4 is 10.0 Å². The first-order valence-electron chi connectivity index (χ1n) is 13.2. The highest BCUT2D eigenvalue weighted by Crippen LogP contribution is 2.48. The number of halogens is 1. The van der Waals surface area contributed by atoms with Crippen molar-refractivity contribution in [2.24, 2.45) is 5.41 Å². The second kappa shape index (κ2) is 10.9. The van der Waals surface area contributed by atoms with Crippen LogP contribution in [-0.2, 0) is 24.9 Å². The maximum Gasteiger partial charge on any atom is 0.242 e. The number of aliphatic hydroxyl groups excluding tert-OH is 1. The minimum absolute atomic E-state index is 0.0924. The van der Waals surface area contributed by atoms with Gasteiger partial charge in [-0.15, -0.1) is 0 Å². The van der Waals surface area contributed by atoms with Gasteiger partial charge in [0.1, 0.15) is 4.90 Å². The maximum absolute atomic E-state index is 13.4. The van der Waals surface area contributed by atoms with Gasteiger partial charge in [-0.2, -0.15) is 0 Å². The van der Waals surface area contributed by atoms with Crippen LogP contribution in [-0.4, -0.2) is 58.6 Å². The number of benzene rings is 2. The summed E-state index contributed by atoms with van der Waals surface area (Å²) in [5.41, 5.74) is 3.00. The van der Waals surface area contributed by atoms with Gasteiger partial charge in [0.25, 0.3) is 0 Å². The molecule has 0 bridgehead atoms. The molecule has 1 atom stereocenters. The first-order chi connectivity index (χ1) is 17.7. The topological polar surface area (TPSA) is 96.9 Å². The SMILES string of the molecule is Cc1ccc(C2(CNc3cc(Br)ccc3S(=O)(=O)NCC3CCC4(CO3)CC(O)C4)CCOCC2)cc1. The summed E-state index contributed by atoms with van der Waals surface area (Å²) >= 11 is 3.51. The van der Waals surface area contributed by atoms with Gasteiger partial charge < -0.3 is 19.9 Å². The predicted molar refractivity (Wildman–Crippen MR) is 147 cm³/mol. The molecule has 2 aromatic carbocycles. The molecule has 0 radical (unpaired) electrons. The van der Waals surface area contributed by atoms with Crippen molar-refractivity contribution < 1.29 is 23.0 Å². The highest BCUT2D eigenvalue weighted by Gasteiger charge is 2.46. The monoisotopic (exact) mass is 592 g/mol. The minimum Gasteiger partial charge on any atom is -0.393 e. The van der Waals surface area contributed by atoms with Crippen LogP contribution in [0.1, 0.15) is 49.7 Å². The average molecular weight is 594 g/mol. The fourth-order valence-electron chi connectivity index (χ4n) is 6.00. The van der Waals surface area contributed by atoms with Gasteiger partial charge in [-0.1, -0.05) is 45.8 Å². The number of aryl methyl sites for hydroxylation is 1. The highest BCUT2D eigenvalue weighted by atomic mass is 79.9. The molecule has 2 heterocycles. The van der Waals surface area contributed by atoms with Gasteiger partial charge >= 0.3 is 0 Å². The Morgan fingerprint density at radius 1 is 1.08 bits per heavy atom. The Kier molecular flexibility index (Phi) is 8.01. The van der Waals surface area contributed by atoms with Crippen molar-refractivity contribution in [3.8, 4) is 0 Å². The Balaban J connectivity index is 1.28. The zero-order valence-corrected chi connectivity index (χ0v) is 23.7. The van der Waals surface area contributed by atoms with Gasteiger partial charge in [0.05, 0.1) is 24.5 Å². The van der Waals surface area contributed by atoms with Gasteiger partial charge in [-0.25, -0.2) is 13.1 Å². The van der Waals surface area contributed by atoms with Crippen molar-refractivity contribution in [2.75, 3.05) is 38.2 Å². The number of sulfonamides is 1. The number of anilines is 1. The molecule has 2 aliphatic heterocycles. The van der Waals surface area contributed by atoms with E-state index in [9.17, 15) is 13.5 Å². The zero-order chi connectivity index (χ0) is 26.1. The average Bonchev–Trinajstić information content (AvgIpc) is 2.87. The molecule has 37 heavy (non-hydrogen) atoms. The van der Waals surface area contributed by atoms with Crippen LogP contribution in [0.25, 0.3) is 0 Å². The molecular formula is C28H37BrN2O5S. The summed E-state index contributed by atoms with van der Waals surface area (Å²) in [5.74, 6) is 0. The van der Waals surface area contributed by atoms with Crippen LogP contribution in [0, 0.1) is 12.3 Å². The Labute approximate surface area is 228 Å². The van der Waals surface area contributed by atoms with Gasteiger partial charge in [-0.05, 0) is 74.6 Å². The van der Waals surface area contributed by atoms with Crippen LogP contribution >= 0.6 is 15.9 Å². The molecule has 2 aromatic rings. The van der Waals surface area contributed by atoms with E-state index in [1.54, 1.807) is 12.1 Å². The summed E-state index contributed by atoms with van der Waals surface area (Å²) in [6, 6.07) is 13.9. The van der Waals surface area contributed by atoms with Crippen molar-refractivity contribution in [1.29, 1.82) is 0 Å². The lowest BCUT2D eigenvalue weighted by Gasteiger charge is -2.49. The van der Waals surface area contributed by atoms with Crippen LogP contribution in [0.4, 0.5) is 5.69 Å². The third-order valence-corrected chi connectivity index (χ3v) is 10.4. The second-order valence-corrected chi connectivity index (χ2v) is 13.8. The Morgan fingerprint density at radius 3 is 2.46 bits per heavy atom. The number of hydrogen-bond acceptors (Lipinski definition) is 6. The molecule has 1 spiro atoms. The Hall–Kier alpha value is -1.49. The van der Waals surface area contributed by atoms with E-state index in [-0.39, 0.29) is 34.5 Å². The number of hydrogen-bond donors (Lipinski definition) is 3. The molecule has 3 fully saturated rings. The molecule has 202 valence electrons. The van der Waals surface area contributed by atoms with Gasteiger partial charge in [0.2, 0.25) is 10.0 Å². The third-order valence-electron chi connectivity index (χ3n) is 8.42. The fraction of sp³-hybridized carbons (Fsp3) is 0.571. The lowest BCUT2D eigenvalue weighted by atomic mass is 9.63. The normalized spacial score (nSPS) is 27.5. The zero-order valence-electron chi connectivity index (χ0n) is 21.3. The Bertz CT molecular complexity index is 1180. The standard InChI is InChI=1S/C28H37BrN2O5S/c1-20-2-4-21(5-3-20)28(10-12-35-13-11-28)18-30-25-14-22(29)6-7-26(25)37(33,34)31-17-24-8-9-27(19-36-24)15-23(32)16-27/h2-7,14,23-24,30-32H,8-13,15-19H2,1H3. The number of nitrogens with one attached hydrogen (secondary N) is 2. The molecule has 0 amide bonds. The van der Waals surface area contributed by atoms with E-state index in [0.717, 1.165) is 43.0 Å². The van der Waals surface area contributed by atoms with Crippen molar-refractivity contribution in [1.82, 2.24) is 4.72 Å². The van der Waals surface area contributed by atoms with E-state index in [1.165, 1.54) is 11.1 Å². The molecule has 3 aliphatic rings. The number of ether oxygens (including phenoxy) is 2. The van der Waals surface area contributed by atoms with E-state index >= 15 is 0 Å². The van der Waals surface area contributed by atoms with Gasteiger partial charge in [0, 0.05) is 36.2 Å². The first-order valence-corrected chi connectivity index (χ1v) is 15.4. The lowest BCUT2D eigenvalue weighted by molar-refractivity contribution is -0.138. The highest BCUT2D eigenvalue weighted by molar-refractivity contribution is 9.10. The molecule has 1 saturated carbocycles. The van der Waals surface area contributed by atoms with Crippen LogP contribution in [0.2, 0.25) is 0 Å². The minimum atomic E-state index is -3.76. The summed E-state index contributed by atoms with van der Waals surface area (Å²) < 4.78 is 42.1. The molecule has 5 rings (SSSR count). The summed E-state index contributed by atoms with van der Waals surface area (Å²) in [6.07, 6.45) is 4.70. The molecule has 2 saturated heterocycles. The third kappa shape index (κ3) is 6.07. The summed E-state index contributed by atoms with van der Waals surface area (Å²) in [4.78, 5) is 0.233. The molecule has 9 heteroatoms. The van der Waals surface area contributed by atoms with E-state index < -0.39 is 10.0 Å². The van der Waals surface area contributed by atoms with Crippen LogP contribution in [0.5, 0.6) is 0 Å². The van der Waals surface area contributed by atoms with E-state index in [0.29, 0.717) is 32.1 Å². The van der Waals surface area contributed by atoms with Crippen LogP contribution in [0.15, 0.2) is 51.8 Å².